The molecule has 10 nitrogen and oxygen atoms in total. The second-order valence-electron chi connectivity index (χ2n) is 4.95. The number of rotatable bonds is 7. The quantitative estimate of drug-likeness (QED) is 0.515. The summed E-state index contributed by atoms with van der Waals surface area (Å²) >= 11 is 0. The predicted molar refractivity (Wildman–Crippen MR) is 95.3 cm³/mol. The van der Waals surface area contributed by atoms with Gasteiger partial charge in [0.05, 0.1) is 18.5 Å². The van der Waals surface area contributed by atoms with E-state index in [9.17, 15) is 9.59 Å². The van der Waals surface area contributed by atoms with E-state index >= 15 is 0 Å². The van der Waals surface area contributed by atoms with Gasteiger partial charge in [-0.3, -0.25) is 9.59 Å². The van der Waals surface area contributed by atoms with Crippen LogP contribution in [0, 0.1) is 0 Å². The van der Waals surface area contributed by atoms with Crippen molar-refractivity contribution < 1.29 is 19.1 Å². The Morgan fingerprint density at radius 1 is 1.04 bits per heavy atom. The number of amides is 2. The summed E-state index contributed by atoms with van der Waals surface area (Å²) in [5, 5.41) is 7.94. The lowest BCUT2D eigenvalue weighted by Gasteiger charge is -2.15. The fourth-order valence-corrected chi connectivity index (χ4v) is 2.19. The molecule has 0 spiro atoms. The number of nitrogens with one attached hydrogen (secondary N) is 3. The van der Waals surface area contributed by atoms with Crippen LogP contribution in [0.15, 0.2) is 24.5 Å². The fourth-order valence-electron chi connectivity index (χ4n) is 2.19. The molecule has 0 aliphatic heterocycles. The van der Waals surface area contributed by atoms with Gasteiger partial charge in [0, 0.05) is 26.5 Å². The van der Waals surface area contributed by atoms with Crippen LogP contribution in [0.3, 0.4) is 0 Å². The summed E-state index contributed by atoms with van der Waals surface area (Å²) in [7, 11) is 4.40. The number of methoxy groups -OCH3 is 1. The molecule has 2 rings (SSSR count). The molecule has 0 fully saturated rings. The van der Waals surface area contributed by atoms with Crippen LogP contribution >= 0.6 is 0 Å². The normalized spacial score (nSPS) is 9.96. The zero-order chi connectivity index (χ0) is 19.1. The Morgan fingerprint density at radius 3 is 2.31 bits per heavy atom. The average Bonchev–Trinajstić information content (AvgIpc) is 2.66. The van der Waals surface area contributed by atoms with Gasteiger partial charge >= 0.3 is 0 Å². The van der Waals surface area contributed by atoms with Crippen molar-refractivity contribution in [1.82, 2.24) is 20.6 Å². The summed E-state index contributed by atoms with van der Waals surface area (Å²) in [4.78, 5) is 32.1. The lowest BCUT2D eigenvalue weighted by atomic mass is 10.2. The first kappa shape index (κ1) is 18.8. The summed E-state index contributed by atoms with van der Waals surface area (Å²) in [6.45, 7) is -0.0718. The summed E-state index contributed by atoms with van der Waals surface area (Å²) < 4.78 is 10.7. The highest BCUT2D eigenvalue weighted by Gasteiger charge is 2.19. The number of ether oxygens (including phenoxy) is 2. The van der Waals surface area contributed by atoms with E-state index in [2.05, 4.69) is 25.9 Å². The second kappa shape index (κ2) is 8.51. The van der Waals surface area contributed by atoms with Gasteiger partial charge in [0.2, 0.25) is 11.8 Å². The maximum Gasteiger partial charge on any atom is 0.258 e. The first-order valence-electron chi connectivity index (χ1n) is 7.61. The van der Waals surface area contributed by atoms with Crippen LogP contribution in [0.2, 0.25) is 0 Å². The molecule has 2 amide bonds. The topological polar surface area (TPSA) is 140 Å². The molecule has 0 bridgehead atoms. The van der Waals surface area contributed by atoms with Gasteiger partial charge in [-0.25, -0.2) is 9.97 Å². The largest absolute Gasteiger partial charge is 0.480 e. The number of hydrogen-bond donors (Lipinski definition) is 4. The highest BCUT2D eigenvalue weighted by atomic mass is 16.5. The third-order valence-corrected chi connectivity index (χ3v) is 3.44. The summed E-state index contributed by atoms with van der Waals surface area (Å²) in [5.41, 5.74) is 6.87. The molecule has 5 N–H and O–H groups in total. The molecule has 0 radical (unpaired) electrons. The number of nitrogens with two attached hydrogens (primary N) is 1. The van der Waals surface area contributed by atoms with E-state index in [0.717, 1.165) is 0 Å². The van der Waals surface area contributed by atoms with Gasteiger partial charge in [0.1, 0.15) is 11.1 Å². The summed E-state index contributed by atoms with van der Waals surface area (Å²) in [6.07, 6.45) is 2.92. The number of anilines is 2. The Labute approximate surface area is 150 Å². The number of pyridine rings is 2. The number of nitrogens with zero attached hydrogens (tertiary/aromatic N) is 2. The first-order valence-corrected chi connectivity index (χ1v) is 7.61. The van der Waals surface area contributed by atoms with Crippen molar-refractivity contribution in [1.29, 1.82) is 0 Å². The SMILES string of the molecule is CNC(=O)c1c(N)ccnc1OCNc1ccnc(OC)c1C(=O)NC. The molecule has 0 aromatic carbocycles. The molecule has 10 heteroatoms. The van der Waals surface area contributed by atoms with Crippen LogP contribution in [-0.2, 0) is 0 Å². The molecule has 2 aromatic heterocycles. The third kappa shape index (κ3) is 3.91. The van der Waals surface area contributed by atoms with Crippen molar-refractivity contribution in [3.8, 4) is 11.8 Å². The van der Waals surface area contributed by atoms with E-state index in [-0.39, 0.29) is 41.2 Å². The molecule has 26 heavy (non-hydrogen) atoms. The van der Waals surface area contributed by atoms with Crippen LogP contribution in [0.5, 0.6) is 11.8 Å². The van der Waals surface area contributed by atoms with Crippen LogP contribution in [-0.4, -0.2) is 49.7 Å². The Kier molecular flexibility index (Phi) is 6.15. The predicted octanol–water partition coefficient (Wildman–Crippen LogP) is 0.235. The highest BCUT2D eigenvalue weighted by molar-refractivity contribution is 6.02. The van der Waals surface area contributed by atoms with Gasteiger partial charge < -0.3 is 31.2 Å². The molecule has 0 saturated carbocycles. The lowest BCUT2D eigenvalue weighted by molar-refractivity contribution is 0.0952. The number of aromatic nitrogens is 2. The highest BCUT2D eigenvalue weighted by Crippen LogP contribution is 2.25. The molecule has 138 valence electrons. The minimum Gasteiger partial charge on any atom is -0.480 e. The van der Waals surface area contributed by atoms with Gasteiger partial charge in [-0.05, 0) is 12.1 Å². The van der Waals surface area contributed by atoms with E-state index < -0.39 is 5.91 Å². The van der Waals surface area contributed by atoms with Crippen LogP contribution < -0.4 is 31.2 Å². The Bertz CT molecular complexity index is 811. The van der Waals surface area contributed by atoms with Gasteiger partial charge in [-0.15, -0.1) is 0 Å². The summed E-state index contributed by atoms with van der Waals surface area (Å²) in [6, 6.07) is 3.10. The van der Waals surface area contributed by atoms with Crippen molar-refractivity contribution in [2.75, 3.05) is 39.0 Å². The first-order chi connectivity index (χ1) is 12.5. The number of nitrogen functional groups attached to an aromatic ring is 1. The maximum absolute atomic E-state index is 12.1. The minimum atomic E-state index is -0.415. The van der Waals surface area contributed by atoms with Crippen LogP contribution in [0.1, 0.15) is 20.7 Å². The molecular formula is C16H20N6O4. The van der Waals surface area contributed by atoms with E-state index in [0.29, 0.717) is 5.69 Å². The van der Waals surface area contributed by atoms with E-state index in [1.165, 1.54) is 39.7 Å². The van der Waals surface area contributed by atoms with Crippen LogP contribution in [0.4, 0.5) is 11.4 Å². The Hall–Kier alpha value is -3.56. The van der Waals surface area contributed by atoms with E-state index in [4.69, 9.17) is 15.2 Å². The third-order valence-electron chi connectivity index (χ3n) is 3.44. The molecule has 0 saturated heterocycles. The van der Waals surface area contributed by atoms with Gasteiger partial charge in [0.15, 0.2) is 6.73 Å². The van der Waals surface area contributed by atoms with Crippen molar-refractivity contribution >= 4 is 23.2 Å². The van der Waals surface area contributed by atoms with Gasteiger partial charge in [0.25, 0.3) is 11.8 Å². The molecule has 2 aromatic rings. The number of hydrogen-bond acceptors (Lipinski definition) is 8. The standard InChI is InChI=1S/C16H20N6O4/c1-18-13(23)11-9(17)4-6-21-16(11)26-8-22-10-5-7-20-15(25-3)12(10)14(24)19-2/h4-7H,8H2,1-3H3,(H2,17,21)(H,18,23)(H,19,24)(H,20,22). The summed E-state index contributed by atoms with van der Waals surface area (Å²) in [5.74, 6) is -0.547. The van der Waals surface area contributed by atoms with E-state index in [1.54, 1.807) is 6.07 Å². The van der Waals surface area contributed by atoms with Crippen molar-refractivity contribution in [3.63, 3.8) is 0 Å². The second-order valence-corrected chi connectivity index (χ2v) is 4.95. The van der Waals surface area contributed by atoms with Gasteiger partial charge in [-0.2, -0.15) is 0 Å². The Balaban J connectivity index is 2.20. The fraction of sp³-hybridized carbons (Fsp3) is 0.250. The van der Waals surface area contributed by atoms with Crippen LogP contribution in [0.25, 0.3) is 0 Å². The number of carbonyl (C=O) groups excluding carboxylic acids is 2. The van der Waals surface area contributed by atoms with Crippen molar-refractivity contribution in [2.24, 2.45) is 0 Å². The molecule has 0 aliphatic rings. The zero-order valence-electron chi connectivity index (χ0n) is 14.6. The monoisotopic (exact) mass is 360 g/mol. The molecule has 2 heterocycles. The molecule has 0 unspecified atom stereocenters. The smallest absolute Gasteiger partial charge is 0.258 e. The van der Waals surface area contributed by atoms with E-state index in [1.807, 2.05) is 0 Å². The van der Waals surface area contributed by atoms with Gasteiger partial charge in [-0.1, -0.05) is 0 Å². The Morgan fingerprint density at radius 2 is 1.65 bits per heavy atom. The van der Waals surface area contributed by atoms with Crippen molar-refractivity contribution in [3.05, 3.63) is 35.7 Å². The zero-order valence-corrected chi connectivity index (χ0v) is 14.6. The molecular weight excluding hydrogens is 340 g/mol. The maximum atomic E-state index is 12.1. The average molecular weight is 360 g/mol. The lowest BCUT2D eigenvalue weighted by Crippen LogP contribution is -2.23. The number of carbonyl (C=O) groups is 2. The minimum absolute atomic E-state index is 0.0689. The molecule has 0 aliphatic carbocycles. The van der Waals surface area contributed by atoms with Crippen molar-refractivity contribution in [2.45, 2.75) is 0 Å². The molecule has 0 atom stereocenters.